The van der Waals surface area contributed by atoms with Crippen molar-refractivity contribution < 1.29 is 42.1 Å². The molecular weight excluding hydrogens is 636 g/mol. The summed E-state index contributed by atoms with van der Waals surface area (Å²) in [6.07, 6.45) is -1.88. The highest BCUT2D eigenvalue weighted by Gasteiger charge is 2.44. The number of sulfonamides is 1. The molecule has 5 atom stereocenters. The zero-order valence-corrected chi connectivity index (χ0v) is 27.6. The first kappa shape index (κ1) is 34.0. The van der Waals surface area contributed by atoms with E-state index in [1.165, 1.54) is 34.9 Å². The smallest absolute Gasteiger partial charge is 0.407 e. The molecule has 2 aliphatic rings. The number of amides is 1. The average molecular weight is 677 g/mol. The van der Waals surface area contributed by atoms with Crippen molar-refractivity contribution in [2.24, 2.45) is 11.8 Å². The third-order valence-corrected chi connectivity index (χ3v) is 10.7. The van der Waals surface area contributed by atoms with Gasteiger partial charge >= 0.3 is 12.1 Å². The van der Waals surface area contributed by atoms with Gasteiger partial charge in [-0.1, -0.05) is 55.5 Å². The minimum atomic E-state index is -4.08. The van der Waals surface area contributed by atoms with Crippen molar-refractivity contribution in [2.75, 3.05) is 45.3 Å². The van der Waals surface area contributed by atoms with Crippen LogP contribution in [0.15, 0.2) is 53.4 Å². The third-order valence-electron chi connectivity index (χ3n) is 7.88. The fourth-order valence-electron chi connectivity index (χ4n) is 5.55. The van der Waals surface area contributed by atoms with Crippen molar-refractivity contribution in [1.29, 1.82) is 0 Å². The molecule has 0 aliphatic carbocycles. The molecule has 1 amide bonds. The number of ether oxygens (including phenoxy) is 4. The summed E-state index contributed by atoms with van der Waals surface area (Å²) in [5.74, 6) is -0.563. The Bertz CT molecular complexity index is 1600. The number of hydrogen-bond acceptors (Lipinski definition) is 12. The Kier molecular flexibility index (Phi) is 11.1. The van der Waals surface area contributed by atoms with Crippen molar-refractivity contribution in [2.45, 2.75) is 56.1 Å². The Hall–Kier alpha value is -3.34. The molecule has 0 saturated carbocycles. The average Bonchev–Trinajstić information content (AvgIpc) is 3.76. The monoisotopic (exact) mass is 676 g/mol. The van der Waals surface area contributed by atoms with Gasteiger partial charge in [0.2, 0.25) is 10.0 Å². The van der Waals surface area contributed by atoms with Gasteiger partial charge in [-0.25, -0.2) is 18.2 Å². The van der Waals surface area contributed by atoms with E-state index in [4.69, 9.17) is 14.2 Å². The van der Waals surface area contributed by atoms with E-state index in [1.54, 1.807) is 6.07 Å². The minimum absolute atomic E-state index is 0.0394. The molecule has 2 aromatic carbocycles. The molecular formula is C31H40N4O9S2. The molecule has 13 nitrogen and oxygen atoms in total. The summed E-state index contributed by atoms with van der Waals surface area (Å²) < 4.78 is 51.4. The number of carbonyl (C=O) groups excluding carboxylic acids is 2. The Morgan fingerprint density at radius 3 is 2.67 bits per heavy atom. The van der Waals surface area contributed by atoms with Crippen molar-refractivity contribution in [3.63, 3.8) is 0 Å². The standard InChI is InChI=1S/C31H40N4O9S2/c1-19(2)16-35(46(39,40)21-9-10-23-27(14-21)45-30(33-23)32-15-28(37)41-3)17-25(36)24(13-20-7-5-4-6-8-20)34-31(38)44-26-18-43-29-22(26)11-12-42-29/h4-10,14,19,22,24-26,29,36H,11-13,15-18H2,1-3H3,(H,32,33)(H,34,38)/t22-,24-,25+,26-,29+/m0/s1. The number of nitrogens with zero attached hydrogens (tertiary/aromatic N) is 2. The van der Waals surface area contributed by atoms with Crippen molar-refractivity contribution in [3.8, 4) is 0 Å². The number of aliphatic hydroxyl groups excluding tert-OH is 1. The van der Waals surface area contributed by atoms with Crippen LogP contribution in [0.5, 0.6) is 0 Å². The summed E-state index contributed by atoms with van der Waals surface area (Å²) in [5, 5.41) is 17.7. The second-order valence-corrected chi connectivity index (χ2v) is 14.7. The summed E-state index contributed by atoms with van der Waals surface area (Å²) in [4.78, 5) is 29.1. The van der Waals surface area contributed by atoms with Crippen LogP contribution in [0.25, 0.3) is 10.2 Å². The zero-order chi connectivity index (χ0) is 32.8. The van der Waals surface area contributed by atoms with Gasteiger partial charge in [0.1, 0.15) is 12.6 Å². The van der Waals surface area contributed by atoms with Crippen molar-refractivity contribution in [1.82, 2.24) is 14.6 Å². The molecule has 0 unspecified atom stereocenters. The van der Waals surface area contributed by atoms with E-state index in [0.29, 0.717) is 22.0 Å². The SMILES string of the molecule is COC(=O)CNc1nc2ccc(S(=O)(=O)N(CC(C)C)C[C@@H](O)[C@H](Cc3ccccc3)NC(=O)O[C@H]3CO[C@H]4OCC[C@H]43)cc2s1. The molecule has 2 aliphatic heterocycles. The van der Waals surface area contributed by atoms with Crippen LogP contribution in [0.1, 0.15) is 25.8 Å². The van der Waals surface area contributed by atoms with E-state index in [-0.39, 0.29) is 55.7 Å². The van der Waals surface area contributed by atoms with Crippen molar-refractivity contribution in [3.05, 3.63) is 54.1 Å². The van der Waals surface area contributed by atoms with Gasteiger partial charge in [-0.15, -0.1) is 0 Å². The lowest BCUT2D eigenvalue weighted by molar-refractivity contribution is -0.138. The van der Waals surface area contributed by atoms with Gasteiger partial charge in [0.25, 0.3) is 0 Å². The molecule has 0 bridgehead atoms. The number of aromatic nitrogens is 1. The highest BCUT2D eigenvalue weighted by atomic mass is 32.2. The zero-order valence-electron chi connectivity index (χ0n) is 26.0. The second-order valence-electron chi connectivity index (χ2n) is 11.8. The maximum atomic E-state index is 14.0. The molecule has 0 radical (unpaired) electrons. The molecule has 5 rings (SSSR count). The molecule has 250 valence electrons. The number of hydrogen-bond donors (Lipinski definition) is 3. The molecule has 3 aromatic rings. The quantitative estimate of drug-likeness (QED) is 0.215. The molecule has 0 spiro atoms. The summed E-state index contributed by atoms with van der Waals surface area (Å²) >= 11 is 1.21. The number of methoxy groups -OCH3 is 1. The summed E-state index contributed by atoms with van der Waals surface area (Å²) in [6.45, 7) is 4.34. The summed E-state index contributed by atoms with van der Waals surface area (Å²) in [7, 11) is -2.79. The second kappa shape index (κ2) is 15.0. The van der Waals surface area contributed by atoms with Gasteiger partial charge in [-0.05, 0) is 42.5 Å². The van der Waals surface area contributed by atoms with Crippen LogP contribution >= 0.6 is 11.3 Å². The predicted molar refractivity (Wildman–Crippen MR) is 171 cm³/mol. The van der Waals surface area contributed by atoms with Gasteiger partial charge in [0, 0.05) is 13.1 Å². The maximum Gasteiger partial charge on any atom is 0.407 e. The summed E-state index contributed by atoms with van der Waals surface area (Å²) in [5.41, 5.74) is 1.42. The van der Waals surface area contributed by atoms with Crippen LogP contribution in [-0.4, -0.2) is 99.4 Å². The highest BCUT2D eigenvalue weighted by molar-refractivity contribution is 7.89. The molecule has 1 aromatic heterocycles. The predicted octanol–water partition coefficient (Wildman–Crippen LogP) is 2.99. The van der Waals surface area contributed by atoms with Crippen molar-refractivity contribution >= 4 is 48.8 Å². The Morgan fingerprint density at radius 1 is 1.15 bits per heavy atom. The number of fused-ring (bicyclic) bond motifs is 2. The van der Waals surface area contributed by atoms with Gasteiger partial charge in [-0.3, -0.25) is 4.79 Å². The topological polar surface area (TPSA) is 166 Å². The van der Waals surface area contributed by atoms with E-state index in [9.17, 15) is 23.1 Å². The van der Waals surface area contributed by atoms with Crippen LogP contribution in [0.2, 0.25) is 0 Å². The number of rotatable bonds is 14. The Balaban J connectivity index is 1.33. The number of benzene rings is 2. The lowest BCUT2D eigenvalue weighted by Gasteiger charge is -2.31. The van der Waals surface area contributed by atoms with Gasteiger partial charge in [0.05, 0.1) is 53.5 Å². The first-order chi connectivity index (χ1) is 22.0. The fourth-order valence-corrected chi connectivity index (χ4v) is 8.17. The highest BCUT2D eigenvalue weighted by Crippen LogP contribution is 2.33. The minimum Gasteiger partial charge on any atom is -0.468 e. The van der Waals surface area contributed by atoms with Gasteiger partial charge in [-0.2, -0.15) is 4.31 Å². The van der Waals surface area contributed by atoms with E-state index in [1.807, 2.05) is 44.2 Å². The van der Waals surface area contributed by atoms with Gasteiger partial charge in [0.15, 0.2) is 11.4 Å². The Morgan fingerprint density at radius 2 is 1.93 bits per heavy atom. The molecule has 3 N–H and O–H groups in total. The number of nitrogens with one attached hydrogen (secondary N) is 2. The molecule has 46 heavy (non-hydrogen) atoms. The van der Waals surface area contributed by atoms with E-state index in [2.05, 4.69) is 20.4 Å². The number of esters is 1. The van der Waals surface area contributed by atoms with Crippen LogP contribution < -0.4 is 10.6 Å². The van der Waals surface area contributed by atoms with Crippen LogP contribution in [-0.2, 0) is 40.2 Å². The first-order valence-corrected chi connectivity index (χ1v) is 17.4. The van der Waals surface area contributed by atoms with Crippen LogP contribution in [0.4, 0.5) is 9.93 Å². The molecule has 3 heterocycles. The van der Waals surface area contributed by atoms with E-state index in [0.717, 1.165) is 12.0 Å². The van der Waals surface area contributed by atoms with Gasteiger partial charge < -0.3 is 34.7 Å². The number of anilines is 1. The molecule has 2 fully saturated rings. The molecule has 15 heteroatoms. The van der Waals surface area contributed by atoms with E-state index >= 15 is 0 Å². The van der Waals surface area contributed by atoms with Crippen LogP contribution in [0.3, 0.4) is 0 Å². The number of aliphatic hydroxyl groups is 1. The molecule has 2 saturated heterocycles. The third kappa shape index (κ3) is 8.32. The lowest BCUT2D eigenvalue weighted by Crippen LogP contribution is -2.51. The Labute approximate surface area is 272 Å². The maximum absolute atomic E-state index is 14.0. The normalized spacial score (nSPS) is 20.9. The lowest BCUT2D eigenvalue weighted by atomic mass is 10.0. The largest absolute Gasteiger partial charge is 0.468 e. The first-order valence-electron chi connectivity index (χ1n) is 15.2. The number of thiazole rings is 1. The number of alkyl carbamates (subject to hydrolysis) is 1. The number of carbonyl (C=O) groups is 2. The fraction of sp³-hybridized carbons (Fsp3) is 0.516. The van der Waals surface area contributed by atoms with Crippen LogP contribution in [0, 0.1) is 11.8 Å². The van der Waals surface area contributed by atoms with E-state index < -0.39 is 40.3 Å². The summed E-state index contributed by atoms with van der Waals surface area (Å²) in [6, 6.07) is 13.1.